The molecule has 1 fully saturated rings. The Morgan fingerprint density at radius 3 is 2.95 bits per heavy atom. The summed E-state index contributed by atoms with van der Waals surface area (Å²) in [6.07, 6.45) is 2.56. The van der Waals surface area contributed by atoms with Crippen molar-refractivity contribution < 1.29 is 4.79 Å². The molecule has 2 rings (SSSR count). The molecular weight excluding hydrogens is 250 g/mol. The van der Waals surface area contributed by atoms with Crippen LogP contribution in [-0.2, 0) is 0 Å². The SMILES string of the molecule is CNC(=O)c1ccc(C)c(NCC2CCCN(C)C2)c1. The topological polar surface area (TPSA) is 44.4 Å². The summed E-state index contributed by atoms with van der Waals surface area (Å²) in [5.74, 6) is 0.655. The largest absolute Gasteiger partial charge is 0.384 e. The number of rotatable bonds is 4. The van der Waals surface area contributed by atoms with Gasteiger partial charge in [-0.05, 0) is 57.0 Å². The molecule has 1 aromatic rings. The third-order valence-corrected chi connectivity index (χ3v) is 4.03. The minimum Gasteiger partial charge on any atom is -0.384 e. The van der Waals surface area contributed by atoms with Gasteiger partial charge in [0.25, 0.3) is 5.91 Å². The van der Waals surface area contributed by atoms with Crippen molar-refractivity contribution in [3.05, 3.63) is 29.3 Å². The molecule has 1 aliphatic rings. The zero-order valence-corrected chi connectivity index (χ0v) is 12.7. The van der Waals surface area contributed by atoms with E-state index in [1.165, 1.54) is 24.9 Å². The van der Waals surface area contributed by atoms with E-state index in [-0.39, 0.29) is 5.91 Å². The Hall–Kier alpha value is -1.55. The predicted octanol–water partition coefficient (Wildman–Crippen LogP) is 2.11. The molecule has 0 saturated carbocycles. The van der Waals surface area contributed by atoms with Gasteiger partial charge in [-0.1, -0.05) is 6.07 Å². The molecule has 4 heteroatoms. The number of anilines is 1. The number of carbonyl (C=O) groups excluding carboxylic acids is 1. The fourth-order valence-corrected chi connectivity index (χ4v) is 2.79. The van der Waals surface area contributed by atoms with Crippen molar-refractivity contribution in [3.8, 4) is 0 Å². The Morgan fingerprint density at radius 1 is 1.45 bits per heavy atom. The van der Waals surface area contributed by atoms with E-state index in [9.17, 15) is 4.79 Å². The number of carbonyl (C=O) groups is 1. The summed E-state index contributed by atoms with van der Waals surface area (Å²) in [5.41, 5.74) is 2.96. The number of nitrogens with zero attached hydrogens (tertiary/aromatic N) is 1. The van der Waals surface area contributed by atoms with Crippen LogP contribution in [0.15, 0.2) is 18.2 Å². The average molecular weight is 275 g/mol. The van der Waals surface area contributed by atoms with Crippen LogP contribution in [0.1, 0.15) is 28.8 Å². The van der Waals surface area contributed by atoms with Gasteiger partial charge in [0.2, 0.25) is 0 Å². The van der Waals surface area contributed by atoms with E-state index in [0.717, 1.165) is 18.8 Å². The van der Waals surface area contributed by atoms with Gasteiger partial charge in [-0.15, -0.1) is 0 Å². The summed E-state index contributed by atoms with van der Waals surface area (Å²) in [6.45, 7) is 5.41. The highest BCUT2D eigenvalue weighted by molar-refractivity contribution is 5.95. The molecule has 0 spiro atoms. The van der Waals surface area contributed by atoms with E-state index in [0.29, 0.717) is 11.5 Å². The van der Waals surface area contributed by atoms with Gasteiger partial charge in [0.15, 0.2) is 0 Å². The summed E-state index contributed by atoms with van der Waals surface area (Å²) >= 11 is 0. The first-order valence-corrected chi connectivity index (χ1v) is 7.35. The maximum atomic E-state index is 11.7. The van der Waals surface area contributed by atoms with E-state index in [1.807, 2.05) is 18.2 Å². The highest BCUT2D eigenvalue weighted by Crippen LogP contribution is 2.20. The van der Waals surface area contributed by atoms with Crippen LogP contribution in [0.2, 0.25) is 0 Å². The lowest BCUT2D eigenvalue weighted by Crippen LogP contribution is -2.35. The van der Waals surface area contributed by atoms with E-state index < -0.39 is 0 Å². The van der Waals surface area contributed by atoms with E-state index >= 15 is 0 Å². The van der Waals surface area contributed by atoms with Gasteiger partial charge in [0.1, 0.15) is 0 Å². The first-order valence-electron chi connectivity index (χ1n) is 7.35. The molecule has 1 unspecified atom stereocenters. The van der Waals surface area contributed by atoms with Crippen molar-refractivity contribution in [2.45, 2.75) is 19.8 Å². The Balaban J connectivity index is 1.99. The lowest BCUT2D eigenvalue weighted by molar-refractivity contribution is 0.0963. The van der Waals surface area contributed by atoms with Gasteiger partial charge >= 0.3 is 0 Å². The number of amides is 1. The van der Waals surface area contributed by atoms with Crippen LogP contribution in [0.4, 0.5) is 5.69 Å². The number of hydrogen-bond acceptors (Lipinski definition) is 3. The molecule has 4 nitrogen and oxygen atoms in total. The minimum atomic E-state index is -0.0366. The number of aryl methyl sites for hydroxylation is 1. The maximum absolute atomic E-state index is 11.7. The van der Waals surface area contributed by atoms with Crippen molar-refractivity contribution in [3.63, 3.8) is 0 Å². The molecule has 1 aromatic carbocycles. The van der Waals surface area contributed by atoms with Crippen LogP contribution >= 0.6 is 0 Å². The van der Waals surface area contributed by atoms with Gasteiger partial charge in [-0.2, -0.15) is 0 Å². The zero-order valence-electron chi connectivity index (χ0n) is 12.7. The standard InChI is InChI=1S/C16H25N3O/c1-12-6-7-14(16(20)17-2)9-15(12)18-10-13-5-4-8-19(3)11-13/h6-7,9,13,18H,4-5,8,10-11H2,1-3H3,(H,17,20). The zero-order chi connectivity index (χ0) is 14.5. The van der Waals surface area contributed by atoms with Crippen LogP contribution in [0.5, 0.6) is 0 Å². The van der Waals surface area contributed by atoms with Crippen molar-refractivity contribution >= 4 is 11.6 Å². The molecule has 2 N–H and O–H groups in total. The third-order valence-electron chi connectivity index (χ3n) is 4.03. The quantitative estimate of drug-likeness (QED) is 0.884. The Morgan fingerprint density at radius 2 is 2.25 bits per heavy atom. The summed E-state index contributed by atoms with van der Waals surface area (Å²) < 4.78 is 0. The number of nitrogens with one attached hydrogen (secondary N) is 2. The summed E-state index contributed by atoms with van der Waals surface area (Å²) in [4.78, 5) is 14.1. The van der Waals surface area contributed by atoms with Crippen LogP contribution in [-0.4, -0.2) is 44.5 Å². The second kappa shape index (κ2) is 6.75. The second-order valence-corrected chi connectivity index (χ2v) is 5.76. The number of benzene rings is 1. The molecule has 1 aliphatic heterocycles. The lowest BCUT2D eigenvalue weighted by atomic mass is 9.98. The van der Waals surface area contributed by atoms with Gasteiger partial charge < -0.3 is 15.5 Å². The van der Waals surface area contributed by atoms with E-state index in [4.69, 9.17) is 0 Å². The van der Waals surface area contributed by atoms with E-state index in [1.54, 1.807) is 7.05 Å². The predicted molar refractivity (Wildman–Crippen MR) is 83.3 cm³/mol. The number of likely N-dealkylation sites (tertiary alicyclic amines) is 1. The monoisotopic (exact) mass is 275 g/mol. The molecule has 0 aromatic heterocycles. The molecular formula is C16H25N3O. The Bertz CT molecular complexity index is 473. The molecule has 110 valence electrons. The molecule has 1 atom stereocenters. The molecule has 1 amide bonds. The highest BCUT2D eigenvalue weighted by Gasteiger charge is 2.17. The van der Waals surface area contributed by atoms with Crippen LogP contribution in [0.25, 0.3) is 0 Å². The first-order chi connectivity index (χ1) is 9.60. The summed E-state index contributed by atoms with van der Waals surface area (Å²) in [6, 6.07) is 5.81. The van der Waals surface area contributed by atoms with Crippen molar-refractivity contribution in [1.82, 2.24) is 10.2 Å². The van der Waals surface area contributed by atoms with Crippen LogP contribution < -0.4 is 10.6 Å². The molecule has 20 heavy (non-hydrogen) atoms. The molecule has 0 aliphatic carbocycles. The van der Waals surface area contributed by atoms with Gasteiger partial charge in [-0.25, -0.2) is 0 Å². The van der Waals surface area contributed by atoms with Gasteiger partial charge in [0, 0.05) is 31.4 Å². The maximum Gasteiger partial charge on any atom is 0.251 e. The fourth-order valence-electron chi connectivity index (χ4n) is 2.79. The molecule has 0 bridgehead atoms. The normalized spacial score (nSPS) is 19.6. The summed E-state index contributed by atoms with van der Waals surface area (Å²) in [5, 5.41) is 6.18. The highest BCUT2D eigenvalue weighted by atomic mass is 16.1. The van der Waals surface area contributed by atoms with Crippen LogP contribution in [0, 0.1) is 12.8 Å². The molecule has 1 heterocycles. The molecule has 1 saturated heterocycles. The smallest absolute Gasteiger partial charge is 0.251 e. The Labute approximate surface area is 121 Å². The first kappa shape index (κ1) is 14.9. The van der Waals surface area contributed by atoms with Gasteiger partial charge in [-0.3, -0.25) is 4.79 Å². The lowest BCUT2D eigenvalue weighted by Gasteiger charge is -2.30. The summed E-state index contributed by atoms with van der Waals surface area (Å²) in [7, 11) is 3.84. The van der Waals surface area contributed by atoms with E-state index in [2.05, 4.69) is 29.5 Å². The average Bonchev–Trinajstić information content (AvgIpc) is 2.45. The van der Waals surface area contributed by atoms with Gasteiger partial charge in [0.05, 0.1) is 0 Å². The number of piperidine rings is 1. The van der Waals surface area contributed by atoms with Crippen molar-refractivity contribution in [2.24, 2.45) is 5.92 Å². The van der Waals surface area contributed by atoms with Crippen molar-refractivity contribution in [1.29, 1.82) is 0 Å². The molecule has 0 radical (unpaired) electrons. The van der Waals surface area contributed by atoms with Crippen LogP contribution in [0.3, 0.4) is 0 Å². The Kier molecular flexibility index (Phi) is 5.01. The fraction of sp³-hybridized carbons (Fsp3) is 0.562. The minimum absolute atomic E-state index is 0.0366. The number of hydrogen-bond donors (Lipinski definition) is 2. The second-order valence-electron chi connectivity index (χ2n) is 5.76. The van der Waals surface area contributed by atoms with Crippen molar-refractivity contribution in [2.75, 3.05) is 39.0 Å². The third kappa shape index (κ3) is 3.73.